The van der Waals surface area contributed by atoms with Gasteiger partial charge in [-0.3, -0.25) is 9.59 Å². The first-order valence-electron chi connectivity index (χ1n) is 4.44. The SMILES string of the molecule is O=C(CC1SCCC1=O)C1CC1. The van der Waals surface area contributed by atoms with Gasteiger partial charge < -0.3 is 0 Å². The molecule has 2 rings (SSSR count). The Labute approximate surface area is 76.1 Å². The lowest BCUT2D eigenvalue weighted by Crippen LogP contribution is -2.16. The molecule has 0 aromatic rings. The lowest BCUT2D eigenvalue weighted by molar-refractivity contribution is -0.124. The molecule has 0 aromatic heterocycles. The molecule has 1 aliphatic heterocycles. The van der Waals surface area contributed by atoms with E-state index in [9.17, 15) is 9.59 Å². The summed E-state index contributed by atoms with van der Waals surface area (Å²) < 4.78 is 0. The molecule has 1 saturated heterocycles. The molecule has 0 amide bonds. The number of rotatable bonds is 3. The number of carbonyl (C=O) groups is 2. The van der Waals surface area contributed by atoms with E-state index in [1.54, 1.807) is 11.8 Å². The summed E-state index contributed by atoms with van der Waals surface area (Å²) in [6, 6.07) is 0. The zero-order valence-corrected chi connectivity index (χ0v) is 7.73. The van der Waals surface area contributed by atoms with Gasteiger partial charge in [-0.1, -0.05) is 0 Å². The summed E-state index contributed by atoms with van der Waals surface area (Å²) in [5, 5.41) is 0.0121. The van der Waals surface area contributed by atoms with Gasteiger partial charge in [-0.05, 0) is 12.8 Å². The normalized spacial score (nSPS) is 29.3. The maximum absolute atomic E-state index is 11.3. The maximum atomic E-state index is 11.3. The molecule has 66 valence electrons. The molecule has 0 N–H and O–H groups in total. The third kappa shape index (κ3) is 1.71. The molecule has 12 heavy (non-hydrogen) atoms. The molecule has 1 unspecified atom stereocenters. The molecule has 1 atom stereocenters. The average molecular weight is 184 g/mol. The molecule has 0 radical (unpaired) electrons. The van der Waals surface area contributed by atoms with Crippen LogP contribution in [0.3, 0.4) is 0 Å². The Balaban J connectivity index is 1.84. The quantitative estimate of drug-likeness (QED) is 0.665. The van der Waals surface area contributed by atoms with Gasteiger partial charge in [0.25, 0.3) is 0 Å². The summed E-state index contributed by atoms with van der Waals surface area (Å²) in [6.07, 6.45) is 3.30. The molecule has 0 bridgehead atoms. The van der Waals surface area contributed by atoms with Crippen molar-refractivity contribution in [3.8, 4) is 0 Å². The van der Waals surface area contributed by atoms with Gasteiger partial charge >= 0.3 is 0 Å². The largest absolute Gasteiger partial charge is 0.299 e. The van der Waals surface area contributed by atoms with E-state index >= 15 is 0 Å². The Morgan fingerprint density at radius 2 is 2.25 bits per heavy atom. The molecule has 1 aliphatic carbocycles. The second kappa shape index (κ2) is 3.21. The molecule has 1 heterocycles. The standard InChI is InChI=1S/C9H12O2S/c10-7-3-4-12-9(7)5-8(11)6-1-2-6/h6,9H,1-5H2. The Hall–Kier alpha value is -0.310. The zero-order valence-electron chi connectivity index (χ0n) is 6.91. The maximum Gasteiger partial charge on any atom is 0.147 e. The lowest BCUT2D eigenvalue weighted by Gasteiger charge is -2.04. The van der Waals surface area contributed by atoms with Crippen LogP contribution in [-0.4, -0.2) is 22.6 Å². The number of hydrogen-bond donors (Lipinski definition) is 0. The third-order valence-corrected chi connectivity index (χ3v) is 3.72. The van der Waals surface area contributed by atoms with Crippen LogP contribution in [0.1, 0.15) is 25.7 Å². The number of Topliss-reactive ketones (excluding diaryl/α,β-unsaturated/α-hetero) is 2. The summed E-state index contributed by atoms with van der Waals surface area (Å²) >= 11 is 1.65. The van der Waals surface area contributed by atoms with Crippen LogP contribution in [0.5, 0.6) is 0 Å². The van der Waals surface area contributed by atoms with Gasteiger partial charge in [-0.2, -0.15) is 0 Å². The number of carbonyl (C=O) groups excluding carboxylic acids is 2. The zero-order chi connectivity index (χ0) is 8.55. The van der Waals surface area contributed by atoms with Crippen LogP contribution in [0.2, 0.25) is 0 Å². The fourth-order valence-corrected chi connectivity index (χ4v) is 2.67. The highest BCUT2D eigenvalue weighted by molar-refractivity contribution is 8.01. The fraction of sp³-hybridized carbons (Fsp3) is 0.778. The van der Waals surface area contributed by atoms with Gasteiger partial charge in [0, 0.05) is 24.5 Å². The number of thioether (sulfide) groups is 1. The van der Waals surface area contributed by atoms with Crippen molar-refractivity contribution in [2.24, 2.45) is 5.92 Å². The van der Waals surface area contributed by atoms with Gasteiger partial charge in [-0.15, -0.1) is 11.8 Å². The lowest BCUT2D eigenvalue weighted by atomic mass is 10.1. The van der Waals surface area contributed by atoms with Gasteiger partial charge in [0.05, 0.1) is 5.25 Å². The van der Waals surface area contributed by atoms with Crippen molar-refractivity contribution in [1.82, 2.24) is 0 Å². The summed E-state index contributed by atoms with van der Waals surface area (Å²) in [7, 11) is 0. The fourth-order valence-electron chi connectivity index (χ4n) is 1.48. The van der Waals surface area contributed by atoms with Crippen LogP contribution in [0, 0.1) is 5.92 Å². The highest BCUT2D eigenvalue weighted by Crippen LogP contribution is 2.34. The van der Waals surface area contributed by atoms with Crippen molar-refractivity contribution in [2.45, 2.75) is 30.9 Å². The highest BCUT2D eigenvalue weighted by atomic mass is 32.2. The van der Waals surface area contributed by atoms with Crippen LogP contribution in [0.4, 0.5) is 0 Å². The Kier molecular flexibility index (Phi) is 2.22. The van der Waals surface area contributed by atoms with E-state index in [1.165, 1.54) is 0 Å². The van der Waals surface area contributed by atoms with Crippen LogP contribution < -0.4 is 0 Å². The van der Waals surface area contributed by atoms with Crippen molar-refractivity contribution in [3.63, 3.8) is 0 Å². The molecule has 2 nitrogen and oxygen atoms in total. The van der Waals surface area contributed by atoms with Gasteiger partial charge in [0.15, 0.2) is 0 Å². The minimum atomic E-state index is 0.0121. The van der Waals surface area contributed by atoms with E-state index < -0.39 is 0 Å². The van der Waals surface area contributed by atoms with Crippen LogP contribution >= 0.6 is 11.8 Å². The number of hydrogen-bond acceptors (Lipinski definition) is 3. The Morgan fingerprint density at radius 3 is 2.75 bits per heavy atom. The second-order valence-electron chi connectivity index (χ2n) is 3.52. The molecule has 1 saturated carbocycles. The Morgan fingerprint density at radius 1 is 1.50 bits per heavy atom. The number of ketones is 2. The van der Waals surface area contributed by atoms with Gasteiger partial charge in [0.2, 0.25) is 0 Å². The molecule has 2 aliphatic rings. The van der Waals surface area contributed by atoms with Crippen molar-refractivity contribution in [3.05, 3.63) is 0 Å². The van der Waals surface area contributed by atoms with Gasteiger partial charge in [0.1, 0.15) is 11.6 Å². The second-order valence-corrected chi connectivity index (χ2v) is 4.83. The first-order valence-corrected chi connectivity index (χ1v) is 5.49. The van der Waals surface area contributed by atoms with Crippen LogP contribution in [0.25, 0.3) is 0 Å². The highest BCUT2D eigenvalue weighted by Gasteiger charge is 2.34. The van der Waals surface area contributed by atoms with E-state index in [0.29, 0.717) is 24.5 Å². The predicted octanol–water partition coefficient (Wildman–Crippen LogP) is 1.43. The van der Waals surface area contributed by atoms with E-state index in [2.05, 4.69) is 0 Å². The van der Waals surface area contributed by atoms with Gasteiger partial charge in [-0.25, -0.2) is 0 Å². The van der Waals surface area contributed by atoms with E-state index in [4.69, 9.17) is 0 Å². The molecular weight excluding hydrogens is 172 g/mol. The summed E-state index contributed by atoms with van der Waals surface area (Å²) in [6.45, 7) is 0. The molecular formula is C9H12O2S. The third-order valence-electron chi connectivity index (χ3n) is 2.45. The Bertz CT molecular complexity index is 221. The predicted molar refractivity (Wildman–Crippen MR) is 48.2 cm³/mol. The molecule has 0 spiro atoms. The van der Waals surface area contributed by atoms with Crippen LogP contribution in [0.15, 0.2) is 0 Å². The van der Waals surface area contributed by atoms with E-state index in [1.807, 2.05) is 0 Å². The summed E-state index contributed by atoms with van der Waals surface area (Å²) in [5.41, 5.74) is 0. The van der Waals surface area contributed by atoms with Crippen molar-refractivity contribution in [2.75, 3.05) is 5.75 Å². The van der Waals surface area contributed by atoms with Crippen molar-refractivity contribution < 1.29 is 9.59 Å². The molecule has 0 aromatic carbocycles. The molecule has 2 fully saturated rings. The van der Waals surface area contributed by atoms with E-state index in [0.717, 1.165) is 18.6 Å². The molecule has 3 heteroatoms. The summed E-state index contributed by atoms with van der Waals surface area (Å²) in [4.78, 5) is 22.5. The first kappa shape index (κ1) is 8.30. The van der Waals surface area contributed by atoms with E-state index in [-0.39, 0.29) is 11.0 Å². The smallest absolute Gasteiger partial charge is 0.147 e. The average Bonchev–Trinajstić information content (AvgIpc) is 2.80. The minimum Gasteiger partial charge on any atom is -0.299 e. The topological polar surface area (TPSA) is 34.1 Å². The summed E-state index contributed by atoms with van der Waals surface area (Å²) in [5.74, 6) is 1.84. The van der Waals surface area contributed by atoms with Crippen LogP contribution in [-0.2, 0) is 9.59 Å². The van der Waals surface area contributed by atoms with Crippen molar-refractivity contribution >= 4 is 23.3 Å². The minimum absolute atomic E-state index is 0.0121. The van der Waals surface area contributed by atoms with Crippen molar-refractivity contribution in [1.29, 1.82) is 0 Å². The first-order chi connectivity index (χ1) is 5.77. The monoisotopic (exact) mass is 184 g/mol.